The van der Waals surface area contributed by atoms with E-state index in [0.29, 0.717) is 23.7 Å². The van der Waals surface area contributed by atoms with Gasteiger partial charge < -0.3 is 26.2 Å². The van der Waals surface area contributed by atoms with Crippen LogP contribution < -0.4 is 21.1 Å². The van der Waals surface area contributed by atoms with Gasteiger partial charge in [-0.05, 0) is 25.8 Å². The van der Waals surface area contributed by atoms with Gasteiger partial charge in [-0.25, -0.2) is 0 Å². The number of nitrogen functional groups attached to an aromatic ring is 1. The lowest BCUT2D eigenvalue weighted by molar-refractivity contribution is -0.118. The summed E-state index contributed by atoms with van der Waals surface area (Å²) in [6.07, 6.45) is 1.28. The van der Waals surface area contributed by atoms with Gasteiger partial charge in [0.1, 0.15) is 5.75 Å². The second-order valence-electron chi connectivity index (χ2n) is 4.69. The van der Waals surface area contributed by atoms with Crippen molar-refractivity contribution >= 4 is 23.0 Å². The number of ether oxygens (including phenoxy) is 1. The van der Waals surface area contributed by atoms with Gasteiger partial charge in [-0.1, -0.05) is 0 Å². The van der Waals surface area contributed by atoms with E-state index in [2.05, 4.69) is 10.6 Å². The summed E-state index contributed by atoms with van der Waals surface area (Å²) in [4.78, 5) is 11.2. The lowest BCUT2D eigenvalue weighted by Crippen LogP contribution is -2.25. The summed E-state index contributed by atoms with van der Waals surface area (Å²) in [5.74, 6) is 0.420. The highest BCUT2D eigenvalue weighted by Gasteiger charge is 2.17. The van der Waals surface area contributed by atoms with Crippen molar-refractivity contribution in [3.63, 3.8) is 0 Å². The molecule has 1 unspecified atom stereocenters. The highest BCUT2D eigenvalue weighted by Crippen LogP contribution is 2.35. The number of nitrogens with two attached hydrogens (primary N) is 1. The summed E-state index contributed by atoms with van der Waals surface area (Å²) in [7, 11) is 0. The number of aliphatic hydroxyl groups is 1. The Morgan fingerprint density at radius 2 is 2.37 bits per heavy atom. The Labute approximate surface area is 111 Å². The van der Waals surface area contributed by atoms with E-state index in [0.717, 1.165) is 18.5 Å². The second-order valence-corrected chi connectivity index (χ2v) is 4.69. The third kappa shape index (κ3) is 3.51. The first-order valence-electron chi connectivity index (χ1n) is 6.34. The van der Waals surface area contributed by atoms with Crippen molar-refractivity contribution in [1.82, 2.24) is 0 Å². The van der Waals surface area contributed by atoms with Crippen LogP contribution in [0, 0.1) is 0 Å². The number of nitrogens with one attached hydrogen (secondary N) is 2. The summed E-state index contributed by atoms with van der Waals surface area (Å²) < 4.78 is 5.28. The van der Waals surface area contributed by atoms with Gasteiger partial charge in [-0.2, -0.15) is 0 Å². The minimum absolute atomic E-state index is 0.0214. The maximum Gasteiger partial charge on any atom is 0.262 e. The number of amides is 1. The summed E-state index contributed by atoms with van der Waals surface area (Å²) in [5, 5.41) is 15.1. The van der Waals surface area contributed by atoms with Crippen molar-refractivity contribution in [2.75, 3.05) is 29.5 Å². The largest absolute Gasteiger partial charge is 0.482 e. The Hall–Kier alpha value is -1.95. The summed E-state index contributed by atoms with van der Waals surface area (Å²) in [6, 6.07) is 3.47. The van der Waals surface area contributed by atoms with Crippen molar-refractivity contribution < 1.29 is 14.6 Å². The number of aliphatic hydroxyl groups excluding tert-OH is 1. The van der Waals surface area contributed by atoms with Crippen LogP contribution in [0.25, 0.3) is 0 Å². The molecule has 19 heavy (non-hydrogen) atoms. The molecule has 0 bridgehead atoms. The van der Waals surface area contributed by atoms with Crippen molar-refractivity contribution in [3.8, 4) is 5.75 Å². The zero-order valence-corrected chi connectivity index (χ0v) is 10.9. The van der Waals surface area contributed by atoms with Crippen LogP contribution in [0.1, 0.15) is 19.8 Å². The molecule has 5 N–H and O–H groups in total. The minimum Gasteiger partial charge on any atom is -0.482 e. The van der Waals surface area contributed by atoms with Gasteiger partial charge in [0.2, 0.25) is 0 Å². The van der Waals surface area contributed by atoms with E-state index < -0.39 is 0 Å². The van der Waals surface area contributed by atoms with E-state index in [1.165, 1.54) is 0 Å². The van der Waals surface area contributed by atoms with E-state index in [-0.39, 0.29) is 18.6 Å². The molecular formula is C13H19N3O3. The summed E-state index contributed by atoms with van der Waals surface area (Å²) in [5.41, 5.74) is 7.88. The topological polar surface area (TPSA) is 96.6 Å². The van der Waals surface area contributed by atoms with E-state index in [1.54, 1.807) is 19.1 Å². The number of benzene rings is 1. The molecule has 6 heteroatoms. The number of carbonyl (C=O) groups excluding carboxylic acids is 1. The van der Waals surface area contributed by atoms with Crippen LogP contribution in [-0.2, 0) is 4.79 Å². The van der Waals surface area contributed by atoms with Gasteiger partial charge in [0.25, 0.3) is 5.91 Å². The molecule has 1 atom stereocenters. The Morgan fingerprint density at radius 1 is 1.58 bits per heavy atom. The van der Waals surface area contributed by atoms with Crippen molar-refractivity contribution in [1.29, 1.82) is 0 Å². The zero-order chi connectivity index (χ0) is 13.8. The van der Waals surface area contributed by atoms with Gasteiger partial charge >= 0.3 is 0 Å². The van der Waals surface area contributed by atoms with Gasteiger partial charge in [0.15, 0.2) is 6.61 Å². The number of anilines is 3. The lowest BCUT2D eigenvalue weighted by Gasteiger charge is -2.20. The molecule has 0 aliphatic carbocycles. The average Bonchev–Trinajstić information content (AvgIpc) is 2.35. The van der Waals surface area contributed by atoms with E-state index >= 15 is 0 Å². The van der Waals surface area contributed by atoms with Gasteiger partial charge in [-0.3, -0.25) is 4.79 Å². The van der Waals surface area contributed by atoms with Crippen LogP contribution in [-0.4, -0.2) is 30.3 Å². The standard InChI is InChI=1S/C13H19N3O3/c1-8(17)3-2-4-15-10-6-11-12(5-9(10)14)19-7-13(18)16-11/h5-6,8,15,17H,2-4,7,14H2,1H3,(H,16,18). The van der Waals surface area contributed by atoms with E-state index in [9.17, 15) is 9.90 Å². The average molecular weight is 265 g/mol. The van der Waals surface area contributed by atoms with Crippen LogP contribution in [0.3, 0.4) is 0 Å². The Morgan fingerprint density at radius 3 is 3.11 bits per heavy atom. The third-order valence-electron chi connectivity index (χ3n) is 2.90. The summed E-state index contributed by atoms with van der Waals surface area (Å²) >= 11 is 0. The number of hydrogen-bond donors (Lipinski definition) is 4. The third-order valence-corrected chi connectivity index (χ3v) is 2.90. The maximum absolute atomic E-state index is 11.2. The van der Waals surface area contributed by atoms with Crippen LogP contribution >= 0.6 is 0 Å². The Balaban J connectivity index is 2.01. The van der Waals surface area contributed by atoms with Gasteiger partial charge in [-0.15, -0.1) is 0 Å². The molecule has 0 spiro atoms. The SMILES string of the molecule is CC(O)CCCNc1cc2c(cc1N)OCC(=O)N2. The number of carbonyl (C=O) groups is 1. The van der Waals surface area contributed by atoms with Crippen molar-refractivity contribution in [2.45, 2.75) is 25.9 Å². The first-order valence-corrected chi connectivity index (χ1v) is 6.34. The Bertz CT molecular complexity index is 474. The quantitative estimate of drug-likeness (QED) is 0.473. The monoisotopic (exact) mass is 265 g/mol. The molecule has 2 rings (SSSR count). The number of rotatable bonds is 5. The zero-order valence-electron chi connectivity index (χ0n) is 10.9. The molecule has 0 fully saturated rings. The second kappa shape index (κ2) is 5.79. The minimum atomic E-state index is -0.296. The molecule has 0 radical (unpaired) electrons. The van der Waals surface area contributed by atoms with Gasteiger partial charge in [0, 0.05) is 12.6 Å². The molecule has 6 nitrogen and oxygen atoms in total. The summed E-state index contributed by atoms with van der Waals surface area (Å²) in [6.45, 7) is 2.50. The van der Waals surface area contributed by atoms with Crippen molar-refractivity contribution in [2.24, 2.45) is 0 Å². The molecule has 0 saturated heterocycles. The molecule has 1 heterocycles. The predicted molar refractivity (Wildman–Crippen MR) is 74.4 cm³/mol. The highest BCUT2D eigenvalue weighted by molar-refractivity contribution is 5.97. The molecular weight excluding hydrogens is 246 g/mol. The molecule has 104 valence electrons. The van der Waals surface area contributed by atoms with Gasteiger partial charge in [0.05, 0.1) is 23.2 Å². The van der Waals surface area contributed by atoms with Crippen LogP contribution in [0.5, 0.6) is 5.75 Å². The molecule has 0 aromatic heterocycles. The van der Waals surface area contributed by atoms with Crippen LogP contribution in [0.15, 0.2) is 12.1 Å². The molecule has 1 aliphatic rings. The normalized spacial score (nSPS) is 15.2. The highest BCUT2D eigenvalue weighted by atomic mass is 16.5. The van der Waals surface area contributed by atoms with Crippen molar-refractivity contribution in [3.05, 3.63) is 12.1 Å². The smallest absolute Gasteiger partial charge is 0.262 e. The lowest BCUT2D eigenvalue weighted by atomic mass is 10.2. The fourth-order valence-electron chi connectivity index (χ4n) is 1.92. The first kappa shape index (κ1) is 13.5. The molecule has 1 aliphatic heterocycles. The van der Waals surface area contributed by atoms with E-state index in [4.69, 9.17) is 10.5 Å². The van der Waals surface area contributed by atoms with Crippen LogP contribution in [0.2, 0.25) is 0 Å². The fourth-order valence-corrected chi connectivity index (χ4v) is 1.92. The molecule has 1 aromatic rings. The number of hydrogen-bond acceptors (Lipinski definition) is 5. The Kier molecular flexibility index (Phi) is 4.11. The number of fused-ring (bicyclic) bond motifs is 1. The predicted octanol–water partition coefficient (Wildman–Crippen LogP) is 1.17. The first-order chi connectivity index (χ1) is 9.06. The fraction of sp³-hybridized carbons (Fsp3) is 0.462. The molecule has 0 saturated carbocycles. The van der Waals surface area contributed by atoms with E-state index in [1.807, 2.05) is 0 Å². The molecule has 1 amide bonds. The van der Waals surface area contributed by atoms with Crippen LogP contribution in [0.4, 0.5) is 17.1 Å². The molecule has 1 aromatic carbocycles. The maximum atomic E-state index is 11.2.